The number of nitrogens with one attached hydrogen (secondary N) is 1. The molecule has 2 aliphatic rings. The molecule has 1 heterocycles. The molecular weight excluding hydrogens is 134 g/mol. The van der Waals surface area contributed by atoms with Gasteiger partial charge in [0.15, 0.2) is 0 Å². The second-order valence-corrected chi connectivity index (χ2v) is 4.23. The maximum Gasteiger partial charge on any atom is -0.00200 e. The Morgan fingerprint density at radius 2 is 1.82 bits per heavy atom. The molecule has 64 valence electrons. The summed E-state index contributed by atoms with van der Waals surface area (Å²) in [7, 11) is 0. The zero-order valence-corrected chi connectivity index (χ0v) is 7.31. The fourth-order valence-corrected chi connectivity index (χ4v) is 2.21. The van der Waals surface area contributed by atoms with Gasteiger partial charge in [-0.05, 0) is 37.8 Å². The summed E-state index contributed by atoms with van der Waals surface area (Å²) in [5.74, 6) is 2.14. The van der Waals surface area contributed by atoms with Gasteiger partial charge in [-0.2, -0.15) is 0 Å². The van der Waals surface area contributed by atoms with Crippen LogP contribution in [0.25, 0.3) is 0 Å². The van der Waals surface area contributed by atoms with Crippen molar-refractivity contribution >= 4 is 0 Å². The zero-order valence-electron chi connectivity index (χ0n) is 7.31. The molecule has 2 rings (SSSR count). The molecule has 1 aliphatic heterocycles. The Balaban J connectivity index is 1.57. The van der Waals surface area contributed by atoms with Crippen LogP contribution in [0.5, 0.6) is 0 Å². The lowest BCUT2D eigenvalue weighted by molar-refractivity contribution is 0.273. The molecule has 1 unspecified atom stereocenters. The van der Waals surface area contributed by atoms with Crippen molar-refractivity contribution in [1.82, 2.24) is 5.32 Å². The van der Waals surface area contributed by atoms with Crippen LogP contribution in [-0.2, 0) is 0 Å². The van der Waals surface area contributed by atoms with E-state index in [1.165, 1.54) is 51.6 Å². The fourth-order valence-electron chi connectivity index (χ4n) is 2.21. The largest absolute Gasteiger partial charge is 0.316 e. The van der Waals surface area contributed by atoms with Crippen LogP contribution in [0.2, 0.25) is 0 Å². The van der Waals surface area contributed by atoms with Gasteiger partial charge in [0.05, 0.1) is 0 Å². The molecule has 0 bridgehead atoms. The van der Waals surface area contributed by atoms with E-state index in [4.69, 9.17) is 0 Å². The highest BCUT2D eigenvalue weighted by Gasteiger charge is 2.20. The maximum absolute atomic E-state index is 3.43. The van der Waals surface area contributed by atoms with Crippen LogP contribution >= 0.6 is 0 Å². The van der Waals surface area contributed by atoms with Crippen molar-refractivity contribution in [3.05, 3.63) is 0 Å². The van der Waals surface area contributed by atoms with Crippen molar-refractivity contribution in [1.29, 1.82) is 0 Å². The van der Waals surface area contributed by atoms with E-state index in [1.807, 2.05) is 0 Å². The average molecular weight is 153 g/mol. The van der Waals surface area contributed by atoms with Gasteiger partial charge >= 0.3 is 0 Å². The second kappa shape index (κ2) is 3.57. The van der Waals surface area contributed by atoms with Crippen molar-refractivity contribution in [3.8, 4) is 0 Å². The van der Waals surface area contributed by atoms with E-state index >= 15 is 0 Å². The highest BCUT2D eigenvalue weighted by molar-refractivity contribution is 4.75. The normalized spacial score (nSPS) is 32.2. The van der Waals surface area contributed by atoms with Crippen LogP contribution in [0.15, 0.2) is 0 Å². The Morgan fingerprint density at radius 1 is 1.00 bits per heavy atom. The van der Waals surface area contributed by atoms with E-state index in [9.17, 15) is 0 Å². The molecule has 0 aromatic rings. The predicted octanol–water partition coefficient (Wildman–Crippen LogP) is 2.18. The van der Waals surface area contributed by atoms with Crippen LogP contribution in [0.3, 0.4) is 0 Å². The molecule has 11 heavy (non-hydrogen) atoms. The topological polar surface area (TPSA) is 12.0 Å². The molecule has 0 radical (unpaired) electrons. The van der Waals surface area contributed by atoms with Crippen LogP contribution < -0.4 is 5.32 Å². The third kappa shape index (κ3) is 1.96. The molecule has 1 nitrogen and oxygen atoms in total. The van der Waals surface area contributed by atoms with Crippen molar-refractivity contribution in [2.75, 3.05) is 13.1 Å². The Hall–Kier alpha value is -0.0400. The van der Waals surface area contributed by atoms with Crippen LogP contribution in [0, 0.1) is 11.8 Å². The van der Waals surface area contributed by atoms with Crippen LogP contribution in [0.1, 0.15) is 38.5 Å². The van der Waals surface area contributed by atoms with Gasteiger partial charge in [0.1, 0.15) is 0 Å². The van der Waals surface area contributed by atoms with Gasteiger partial charge in [0, 0.05) is 0 Å². The van der Waals surface area contributed by atoms with E-state index in [0.717, 1.165) is 11.8 Å². The van der Waals surface area contributed by atoms with Crippen molar-refractivity contribution in [3.63, 3.8) is 0 Å². The fraction of sp³-hybridized carbons (Fsp3) is 1.00. The third-order valence-corrected chi connectivity index (χ3v) is 3.37. The summed E-state index contributed by atoms with van der Waals surface area (Å²) < 4.78 is 0. The summed E-state index contributed by atoms with van der Waals surface area (Å²) >= 11 is 0. The SMILES string of the molecule is C1CC(CCC2CCNC2)C1. The van der Waals surface area contributed by atoms with Gasteiger partial charge in [-0.3, -0.25) is 0 Å². The van der Waals surface area contributed by atoms with Gasteiger partial charge in [-0.25, -0.2) is 0 Å². The van der Waals surface area contributed by atoms with Gasteiger partial charge in [-0.15, -0.1) is 0 Å². The highest BCUT2D eigenvalue weighted by Crippen LogP contribution is 2.32. The van der Waals surface area contributed by atoms with E-state index in [-0.39, 0.29) is 0 Å². The van der Waals surface area contributed by atoms with Crippen LogP contribution in [-0.4, -0.2) is 13.1 Å². The van der Waals surface area contributed by atoms with Crippen molar-refractivity contribution < 1.29 is 0 Å². The monoisotopic (exact) mass is 153 g/mol. The smallest absolute Gasteiger partial charge is 0.00200 e. The van der Waals surface area contributed by atoms with E-state index in [0.29, 0.717) is 0 Å². The van der Waals surface area contributed by atoms with E-state index in [1.54, 1.807) is 0 Å². The molecule has 1 N–H and O–H groups in total. The van der Waals surface area contributed by atoms with Gasteiger partial charge < -0.3 is 5.32 Å². The van der Waals surface area contributed by atoms with E-state index in [2.05, 4.69) is 5.32 Å². The molecule has 0 aromatic carbocycles. The van der Waals surface area contributed by atoms with Crippen molar-refractivity contribution in [2.45, 2.75) is 38.5 Å². The summed E-state index contributed by atoms with van der Waals surface area (Å²) in [5, 5.41) is 3.43. The Bertz CT molecular complexity index is 112. The molecule has 1 aliphatic carbocycles. The van der Waals surface area contributed by atoms with Gasteiger partial charge in [-0.1, -0.05) is 25.7 Å². The number of hydrogen-bond acceptors (Lipinski definition) is 1. The first-order chi connectivity index (χ1) is 5.45. The molecular formula is C10H19N. The molecule has 1 atom stereocenters. The average Bonchev–Trinajstić information content (AvgIpc) is 2.36. The Labute approximate surface area is 69.6 Å². The number of hydrogen-bond donors (Lipinski definition) is 1. The van der Waals surface area contributed by atoms with Gasteiger partial charge in [0.2, 0.25) is 0 Å². The minimum atomic E-state index is 1.02. The van der Waals surface area contributed by atoms with Gasteiger partial charge in [0.25, 0.3) is 0 Å². The third-order valence-electron chi connectivity index (χ3n) is 3.37. The standard InChI is InChI=1S/C10H19N/c1-2-9(3-1)4-5-10-6-7-11-8-10/h9-11H,1-8H2. The lowest BCUT2D eigenvalue weighted by Crippen LogP contribution is -2.14. The Morgan fingerprint density at radius 3 is 2.36 bits per heavy atom. The Kier molecular flexibility index (Phi) is 2.47. The summed E-state index contributed by atoms with van der Waals surface area (Å²) in [6.45, 7) is 2.57. The lowest BCUT2D eigenvalue weighted by Gasteiger charge is -2.26. The summed E-state index contributed by atoms with van der Waals surface area (Å²) in [6, 6.07) is 0. The zero-order chi connectivity index (χ0) is 7.52. The first-order valence-electron chi connectivity index (χ1n) is 5.16. The summed E-state index contributed by atoms with van der Waals surface area (Å²) in [5.41, 5.74) is 0. The summed E-state index contributed by atoms with van der Waals surface area (Å²) in [6.07, 6.45) is 9.02. The minimum Gasteiger partial charge on any atom is -0.316 e. The predicted molar refractivity (Wildman–Crippen MR) is 47.6 cm³/mol. The van der Waals surface area contributed by atoms with Crippen molar-refractivity contribution in [2.24, 2.45) is 11.8 Å². The first kappa shape index (κ1) is 7.60. The molecule has 2 fully saturated rings. The second-order valence-electron chi connectivity index (χ2n) is 4.23. The molecule has 0 amide bonds. The summed E-state index contributed by atoms with van der Waals surface area (Å²) in [4.78, 5) is 0. The maximum atomic E-state index is 3.43. The number of rotatable bonds is 3. The molecule has 0 aromatic heterocycles. The quantitative estimate of drug-likeness (QED) is 0.655. The molecule has 0 spiro atoms. The first-order valence-corrected chi connectivity index (χ1v) is 5.16. The molecule has 1 saturated heterocycles. The van der Waals surface area contributed by atoms with E-state index < -0.39 is 0 Å². The molecule has 1 heteroatoms. The minimum absolute atomic E-state index is 1.02. The molecule has 1 saturated carbocycles. The lowest BCUT2D eigenvalue weighted by atomic mass is 9.80. The highest BCUT2D eigenvalue weighted by atomic mass is 14.9. The van der Waals surface area contributed by atoms with Crippen LogP contribution in [0.4, 0.5) is 0 Å².